The molecule has 4 aromatic rings. The highest BCUT2D eigenvalue weighted by molar-refractivity contribution is 7.26. The van der Waals surface area contributed by atoms with Crippen molar-refractivity contribution < 1.29 is 4.79 Å². The number of benzene rings is 3. The van der Waals surface area contributed by atoms with Gasteiger partial charge in [0.1, 0.15) is 0 Å². The van der Waals surface area contributed by atoms with Crippen molar-refractivity contribution >= 4 is 48.2 Å². The van der Waals surface area contributed by atoms with E-state index in [1.165, 1.54) is 14.8 Å². The van der Waals surface area contributed by atoms with E-state index in [4.69, 9.17) is 0 Å². The molecule has 0 aliphatic carbocycles. The number of thiophene rings is 1. The summed E-state index contributed by atoms with van der Waals surface area (Å²) < 4.78 is 2.51. The van der Waals surface area contributed by atoms with Gasteiger partial charge in [-0.1, -0.05) is 42.5 Å². The van der Waals surface area contributed by atoms with Gasteiger partial charge in [-0.25, -0.2) is 0 Å². The first-order valence-electron chi connectivity index (χ1n) is 8.41. The second-order valence-corrected chi connectivity index (χ2v) is 7.56. The third-order valence-electron chi connectivity index (χ3n) is 4.47. The number of likely N-dealkylation sites (N-methyl/N-ethyl adjacent to an activating group) is 1. The number of amides is 1. The Morgan fingerprint density at radius 2 is 1.64 bits per heavy atom. The molecule has 1 N–H and O–H groups in total. The van der Waals surface area contributed by atoms with Gasteiger partial charge < -0.3 is 10.2 Å². The molecule has 3 aromatic carbocycles. The monoisotopic (exact) mass is 348 g/mol. The Morgan fingerprint density at radius 3 is 2.40 bits per heavy atom. The van der Waals surface area contributed by atoms with E-state index in [1.54, 1.807) is 11.3 Å². The normalized spacial score (nSPS) is 11.6. The van der Waals surface area contributed by atoms with Crippen LogP contribution < -0.4 is 5.32 Å². The summed E-state index contributed by atoms with van der Waals surface area (Å²) in [6.45, 7) is 1.47. The molecule has 4 heteroatoms. The van der Waals surface area contributed by atoms with Crippen LogP contribution in [0.15, 0.2) is 54.6 Å². The third kappa shape index (κ3) is 2.88. The maximum absolute atomic E-state index is 12.8. The van der Waals surface area contributed by atoms with Crippen LogP contribution in [0.4, 0.5) is 0 Å². The van der Waals surface area contributed by atoms with Crippen LogP contribution in [0.2, 0.25) is 0 Å². The van der Waals surface area contributed by atoms with E-state index in [2.05, 4.69) is 46.6 Å². The van der Waals surface area contributed by atoms with Crippen molar-refractivity contribution in [3.8, 4) is 0 Å². The fourth-order valence-corrected chi connectivity index (χ4v) is 4.44. The highest BCUT2D eigenvalue weighted by atomic mass is 32.1. The van der Waals surface area contributed by atoms with Gasteiger partial charge in [0.25, 0.3) is 5.91 Å². The predicted octanol–water partition coefficient (Wildman–Crippen LogP) is 4.50. The van der Waals surface area contributed by atoms with Crippen molar-refractivity contribution in [1.82, 2.24) is 10.2 Å². The largest absolute Gasteiger partial charge is 0.351 e. The van der Waals surface area contributed by atoms with Gasteiger partial charge in [-0.15, -0.1) is 11.3 Å². The molecule has 1 heterocycles. The molecule has 25 heavy (non-hydrogen) atoms. The van der Waals surface area contributed by atoms with Crippen LogP contribution in [-0.2, 0) is 0 Å². The lowest BCUT2D eigenvalue weighted by Crippen LogP contribution is -2.31. The zero-order valence-corrected chi connectivity index (χ0v) is 15.2. The Hall–Kier alpha value is -2.43. The van der Waals surface area contributed by atoms with Gasteiger partial charge in [0.15, 0.2) is 0 Å². The molecule has 0 spiro atoms. The quantitative estimate of drug-likeness (QED) is 0.589. The number of fused-ring (bicyclic) bond motifs is 5. The first-order valence-corrected chi connectivity index (χ1v) is 9.23. The Balaban J connectivity index is 1.90. The molecule has 0 radical (unpaired) electrons. The lowest BCUT2D eigenvalue weighted by Gasteiger charge is -2.12. The number of carbonyl (C=O) groups is 1. The summed E-state index contributed by atoms with van der Waals surface area (Å²) in [5.74, 6) is -0.00442. The van der Waals surface area contributed by atoms with Crippen LogP contribution in [0.25, 0.3) is 30.9 Å². The minimum atomic E-state index is -0.00442. The van der Waals surface area contributed by atoms with E-state index in [0.717, 1.165) is 28.3 Å². The molecule has 0 saturated heterocycles. The third-order valence-corrected chi connectivity index (χ3v) is 5.69. The SMILES string of the molecule is CN(C)CCNC(=O)c1cc2c3ccccc3sc2c2ccccc12. The Kier molecular flexibility index (Phi) is 4.15. The smallest absolute Gasteiger partial charge is 0.251 e. The number of nitrogens with one attached hydrogen (secondary N) is 1. The lowest BCUT2D eigenvalue weighted by molar-refractivity contribution is 0.0953. The molecular formula is C21H20N2OS. The van der Waals surface area contributed by atoms with Gasteiger partial charge in [-0.3, -0.25) is 4.79 Å². The molecule has 0 aliphatic heterocycles. The van der Waals surface area contributed by atoms with Crippen molar-refractivity contribution in [2.75, 3.05) is 27.2 Å². The Labute approximate surface area is 150 Å². The van der Waals surface area contributed by atoms with Crippen LogP contribution in [0.1, 0.15) is 10.4 Å². The summed E-state index contributed by atoms with van der Waals surface area (Å²) in [7, 11) is 4.01. The second-order valence-electron chi connectivity index (χ2n) is 6.50. The lowest BCUT2D eigenvalue weighted by atomic mass is 10.00. The van der Waals surface area contributed by atoms with Crippen molar-refractivity contribution in [2.24, 2.45) is 0 Å². The minimum Gasteiger partial charge on any atom is -0.351 e. The summed E-state index contributed by atoms with van der Waals surface area (Å²) in [4.78, 5) is 14.9. The fraction of sp³-hybridized carbons (Fsp3) is 0.190. The van der Waals surface area contributed by atoms with Crippen LogP contribution in [0.5, 0.6) is 0 Å². The van der Waals surface area contributed by atoms with E-state index in [-0.39, 0.29) is 5.91 Å². The standard InChI is InChI=1S/C21H20N2OS/c1-23(2)12-11-22-21(24)18-13-17-15-8-5-6-10-19(15)25-20(17)16-9-4-3-7-14(16)18/h3-10,13H,11-12H2,1-2H3,(H,22,24). The summed E-state index contributed by atoms with van der Waals surface area (Å²) in [5.41, 5.74) is 0.755. The molecule has 0 bridgehead atoms. The van der Waals surface area contributed by atoms with Gasteiger partial charge in [-0.05, 0) is 31.6 Å². The fourth-order valence-electron chi connectivity index (χ4n) is 3.22. The van der Waals surface area contributed by atoms with E-state index in [1.807, 2.05) is 32.3 Å². The number of nitrogens with zero attached hydrogens (tertiary/aromatic N) is 1. The predicted molar refractivity (Wildman–Crippen MR) is 108 cm³/mol. The molecule has 1 amide bonds. The van der Waals surface area contributed by atoms with Crippen molar-refractivity contribution in [3.05, 3.63) is 60.2 Å². The number of hydrogen-bond donors (Lipinski definition) is 1. The van der Waals surface area contributed by atoms with Crippen molar-refractivity contribution in [2.45, 2.75) is 0 Å². The zero-order valence-electron chi connectivity index (χ0n) is 14.4. The van der Waals surface area contributed by atoms with Gasteiger partial charge in [0, 0.05) is 44.2 Å². The van der Waals surface area contributed by atoms with E-state index < -0.39 is 0 Å². The second kappa shape index (κ2) is 6.47. The van der Waals surface area contributed by atoms with Gasteiger partial charge in [0.2, 0.25) is 0 Å². The van der Waals surface area contributed by atoms with Gasteiger partial charge >= 0.3 is 0 Å². The summed E-state index contributed by atoms with van der Waals surface area (Å²) >= 11 is 1.79. The van der Waals surface area contributed by atoms with Gasteiger partial charge in [-0.2, -0.15) is 0 Å². The first kappa shape index (κ1) is 16.1. The van der Waals surface area contributed by atoms with Gasteiger partial charge in [0.05, 0.1) is 0 Å². The van der Waals surface area contributed by atoms with E-state index in [0.29, 0.717) is 6.54 Å². The molecule has 3 nitrogen and oxygen atoms in total. The molecular weight excluding hydrogens is 328 g/mol. The first-order chi connectivity index (χ1) is 12.1. The number of rotatable bonds is 4. The number of carbonyl (C=O) groups excluding carboxylic acids is 1. The average Bonchev–Trinajstić information content (AvgIpc) is 2.99. The maximum atomic E-state index is 12.8. The van der Waals surface area contributed by atoms with Crippen LogP contribution in [-0.4, -0.2) is 38.0 Å². The Bertz CT molecular complexity index is 1080. The molecule has 0 aliphatic rings. The highest BCUT2D eigenvalue weighted by Gasteiger charge is 2.15. The van der Waals surface area contributed by atoms with Crippen molar-refractivity contribution in [3.63, 3.8) is 0 Å². The summed E-state index contributed by atoms with van der Waals surface area (Å²) in [6, 6.07) is 18.7. The molecule has 0 saturated carbocycles. The molecule has 1 aromatic heterocycles. The Morgan fingerprint density at radius 1 is 0.960 bits per heavy atom. The van der Waals surface area contributed by atoms with Crippen LogP contribution in [0.3, 0.4) is 0 Å². The van der Waals surface area contributed by atoms with E-state index >= 15 is 0 Å². The topological polar surface area (TPSA) is 32.3 Å². The minimum absolute atomic E-state index is 0.00442. The zero-order chi connectivity index (χ0) is 17.4. The average molecular weight is 348 g/mol. The molecule has 4 rings (SSSR count). The highest BCUT2D eigenvalue weighted by Crippen LogP contribution is 2.39. The number of hydrogen-bond acceptors (Lipinski definition) is 3. The maximum Gasteiger partial charge on any atom is 0.251 e. The van der Waals surface area contributed by atoms with Crippen LogP contribution in [0, 0.1) is 0 Å². The van der Waals surface area contributed by atoms with E-state index in [9.17, 15) is 4.79 Å². The summed E-state index contributed by atoms with van der Waals surface area (Å²) in [5, 5.41) is 7.60. The molecule has 0 atom stereocenters. The summed E-state index contributed by atoms with van der Waals surface area (Å²) in [6.07, 6.45) is 0. The molecule has 126 valence electrons. The van der Waals surface area contributed by atoms with Crippen LogP contribution >= 0.6 is 11.3 Å². The molecule has 0 fully saturated rings. The molecule has 0 unspecified atom stereocenters. The van der Waals surface area contributed by atoms with Crippen molar-refractivity contribution in [1.29, 1.82) is 0 Å².